The van der Waals surface area contributed by atoms with Crippen LogP contribution in [0.1, 0.15) is 67.6 Å². The second-order valence-electron chi connectivity index (χ2n) is 10.9. The minimum atomic E-state index is -0.932. The molecule has 43 heavy (non-hydrogen) atoms. The van der Waals surface area contributed by atoms with Gasteiger partial charge in [0.2, 0.25) is 0 Å². The van der Waals surface area contributed by atoms with E-state index in [4.69, 9.17) is 9.47 Å². The van der Waals surface area contributed by atoms with Gasteiger partial charge in [-0.25, -0.2) is 0 Å². The second-order valence-corrected chi connectivity index (χ2v) is 10.9. The van der Waals surface area contributed by atoms with Crippen LogP contribution in [0.4, 0.5) is 5.69 Å². The summed E-state index contributed by atoms with van der Waals surface area (Å²) in [6.07, 6.45) is 5.41. The number of hydrogen-bond donors (Lipinski definition) is 1. The first-order valence-corrected chi connectivity index (χ1v) is 14.4. The summed E-state index contributed by atoms with van der Waals surface area (Å²) in [5.41, 5.74) is 4.99. The molecule has 5 rings (SSSR count). The largest absolute Gasteiger partial charge is 0.493 e. The van der Waals surface area contributed by atoms with Crippen LogP contribution in [-0.2, 0) is 27.4 Å². The number of carbonyl (C=O) groups is 3. The van der Waals surface area contributed by atoms with E-state index in [9.17, 15) is 29.6 Å². The van der Waals surface area contributed by atoms with E-state index in [0.717, 1.165) is 28.1 Å². The number of non-ortho nitro benzene ring substituents is 1. The van der Waals surface area contributed by atoms with Crippen molar-refractivity contribution < 1.29 is 33.9 Å². The van der Waals surface area contributed by atoms with Crippen LogP contribution in [0.3, 0.4) is 0 Å². The zero-order valence-corrected chi connectivity index (χ0v) is 24.1. The van der Waals surface area contributed by atoms with Gasteiger partial charge in [0.05, 0.1) is 18.5 Å². The van der Waals surface area contributed by atoms with Crippen LogP contribution in [0.5, 0.6) is 11.5 Å². The number of nitro benzene ring substituents is 1. The van der Waals surface area contributed by atoms with Crippen LogP contribution < -0.4 is 9.47 Å². The molecule has 2 aromatic carbocycles. The lowest BCUT2D eigenvalue weighted by Crippen LogP contribution is -2.40. The van der Waals surface area contributed by atoms with Crippen LogP contribution in [-0.4, -0.2) is 46.1 Å². The first-order chi connectivity index (χ1) is 20.7. The summed E-state index contributed by atoms with van der Waals surface area (Å²) in [5.74, 6) is -0.665. The number of allylic oxidation sites excluding steroid dienone is 5. The lowest BCUT2D eigenvalue weighted by Gasteiger charge is -2.44. The minimum absolute atomic E-state index is 0.0103. The lowest BCUT2D eigenvalue weighted by atomic mass is 9.70. The van der Waals surface area contributed by atoms with Crippen LogP contribution in [0.25, 0.3) is 0 Å². The molecule has 10 nitrogen and oxygen atoms in total. The molecular weight excluding hydrogens is 552 g/mol. The third-order valence-corrected chi connectivity index (χ3v) is 8.24. The Hall–Kier alpha value is -4.73. The normalized spacial score (nSPS) is 17.0. The highest BCUT2D eigenvalue weighted by Crippen LogP contribution is 2.50. The number of benzene rings is 2. The maximum atomic E-state index is 13.6. The molecule has 0 radical (unpaired) electrons. The highest BCUT2D eigenvalue weighted by Gasteiger charge is 2.43. The maximum absolute atomic E-state index is 13.6. The number of hydrogen-bond acceptors (Lipinski definition) is 8. The van der Waals surface area contributed by atoms with E-state index < -0.39 is 16.8 Å². The molecule has 2 aliphatic carbocycles. The number of aliphatic carboxylic acids is 1. The van der Waals surface area contributed by atoms with Gasteiger partial charge >= 0.3 is 5.97 Å². The number of ketones is 2. The Morgan fingerprint density at radius 1 is 1.07 bits per heavy atom. The van der Waals surface area contributed by atoms with Gasteiger partial charge in [0.25, 0.3) is 5.69 Å². The van der Waals surface area contributed by atoms with Crippen LogP contribution in [0.2, 0.25) is 0 Å². The number of carboxylic acids is 1. The van der Waals surface area contributed by atoms with E-state index in [2.05, 4.69) is 6.58 Å². The predicted molar refractivity (Wildman–Crippen MR) is 158 cm³/mol. The zero-order chi connectivity index (χ0) is 30.7. The fraction of sp³-hybridized carbons (Fsp3) is 0.364. The molecule has 224 valence electrons. The van der Waals surface area contributed by atoms with Gasteiger partial charge in [-0.15, -0.1) is 6.58 Å². The summed E-state index contributed by atoms with van der Waals surface area (Å²) >= 11 is 0. The summed E-state index contributed by atoms with van der Waals surface area (Å²) in [6, 6.07) is 9.86. The SMILES string of the molecule is C=CCc1cc(C2C3=C(CCCC3=O)N(CCC(=O)O)C3=C2C(=O)CCC3)cc(OC)c1OCc1ccc([N+](=O)[O-])cc1. The quantitative estimate of drug-likeness (QED) is 0.197. The maximum Gasteiger partial charge on any atom is 0.305 e. The smallest absolute Gasteiger partial charge is 0.305 e. The molecule has 0 saturated heterocycles. The van der Waals surface area contributed by atoms with Crippen molar-refractivity contribution in [2.75, 3.05) is 13.7 Å². The van der Waals surface area contributed by atoms with E-state index in [-0.39, 0.29) is 36.8 Å². The number of methoxy groups -OCH3 is 1. The van der Waals surface area contributed by atoms with E-state index in [0.29, 0.717) is 67.6 Å². The summed E-state index contributed by atoms with van der Waals surface area (Å²) in [4.78, 5) is 51.2. The third kappa shape index (κ3) is 5.95. The van der Waals surface area contributed by atoms with Gasteiger partial charge in [-0.3, -0.25) is 24.5 Å². The summed E-state index contributed by atoms with van der Waals surface area (Å²) in [6.45, 7) is 4.25. The van der Waals surface area contributed by atoms with Crippen molar-refractivity contribution >= 4 is 23.2 Å². The molecule has 0 amide bonds. The van der Waals surface area contributed by atoms with Crippen molar-refractivity contribution in [3.63, 3.8) is 0 Å². The van der Waals surface area contributed by atoms with E-state index in [1.165, 1.54) is 19.2 Å². The Balaban J connectivity index is 1.60. The molecular formula is C33H34N2O8. The van der Waals surface area contributed by atoms with Crippen molar-refractivity contribution in [2.24, 2.45) is 0 Å². The molecule has 0 saturated carbocycles. The van der Waals surface area contributed by atoms with Gasteiger partial charge in [0.15, 0.2) is 23.1 Å². The number of nitro groups is 1. The minimum Gasteiger partial charge on any atom is -0.493 e. The standard InChI is InChI=1S/C33H34N2O8/c1-3-6-21-17-22(18-28(42-2)33(21)43-19-20-11-13-23(14-12-20)35(40)41)30-31-24(7-4-9-26(31)36)34(16-15-29(38)39)25-8-5-10-27(37)32(25)30/h3,11-14,17-18,30H,1,4-10,15-16,19H2,2H3,(H,38,39). The number of rotatable bonds is 11. The third-order valence-electron chi connectivity index (χ3n) is 8.24. The highest BCUT2D eigenvalue weighted by molar-refractivity contribution is 6.06. The van der Waals surface area contributed by atoms with Crippen molar-refractivity contribution in [3.8, 4) is 11.5 Å². The van der Waals surface area contributed by atoms with Crippen molar-refractivity contribution in [2.45, 2.75) is 63.9 Å². The lowest BCUT2D eigenvalue weighted by molar-refractivity contribution is -0.384. The van der Waals surface area contributed by atoms with Gasteiger partial charge in [-0.05, 0) is 61.4 Å². The summed E-state index contributed by atoms with van der Waals surface area (Å²) < 4.78 is 12.0. The summed E-state index contributed by atoms with van der Waals surface area (Å²) in [7, 11) is 1.52. The number of carbonyl (C=O) groups excluding carboxylic acids is 2. The Morgan fingerprint density at radius 2 is 1.70 bits per heavy atom. The fourth-order valence-corrected chi connectivity index (χ4v) is 6.37. The fourth-order valence-electron chi connectivity index (χ4n) is 6.37. The molecule has 1 heterocycles. The molecule has 0 aromatic heterocycles. The molecule has 2 aromatic rings. The first-order valence-electron chi connectivity index (χ1n) is 14.4. The average Bonchev–Trinajstić information content (AvgIpc) is 2.99. The molecule has 0 unspecified atom stereocenters. The number of nitrogens with zero attached hydrogens (tertiary/aromatic N) is 2. The van der Waals surface area contributed by atoms with Crippen molar-refractivity contribution in [1.82, 2.24) is 4.90 Å². The summed E-state index contributed by atoms with van der Waals surface area (Å²) in [5, 5.41) is 20.5. The van der Waals surface area contributed by atoms with Gasteiger partial charge in [-0.1, -0.05) is 12.1 Å². The number of Topliss-reactive ketones (excluding diaryl/α,β-unsaturated/α-hetero) is 2. The van der Waals surface area contributed by atoms with Gasteiger partial charge < -0.3 is 19.5 Å². The Bertz CT molecular complexity index is 1510. The first kappa shape index (κ1) is 29.8. The Labute approximate surface area is 249 Å². The highest BCUT2D eigenvalue weighted by atomic mass is 16.6. The van der Waals surface area contributed by atoms with Crippen molar-refractivity contribution in [1.29, 1.82) is 0 Å². The Kier molecular flexibility index (Phi) is 8.75. The predicted octanol–water partition coefficient (Wildman–Crippen LogP) is 5.80. The van der Waals surface area contributed by atoms with E-state index >= 15 is 0 Å². The van der Waals surface area contributed by atoms with Crippen LogP contribution in [0.15, 0.2) is 71.6 Å². The second kappa shape index (κ2) is 12.6. The van der Waals surface area contributed by atoms with Gasteiger partial charge in [0.1, 0.15) is 6.61 Å². The Morgan fingerprint density at radius 3 is 2.23 bits per heavy atom. The van der Waals surface area contributed by atoms with Gasteiger partial charge in [0, 0.05) is 65.5 Å². The monoisotopic (exact) mass is 586 g/mol. The molecule has 1 aliphatic heterocycles. The molecule has 0 spiro atoms. The molecule has 0 atom stereocenters. The van der Waals surface area contributed by atoms with Crippen LogP contribution in [0, 0.1) is 10.1 Å². The van der Waals surface area contributed by atoms with E-state index in [1.807, 2.05) is 17.0 Å². The average molecular weight is 587 g/mol. The zero-order valence-electron chi connectivity index (χ0n) is 24.1. The van der Waals surface area contributed by atoms with E-state index in [1.54, 1.807) is 18.2 Å². The topological polar surface area (TPSA) is 136 Å². The van der Waals surface area contributed by atoms with Crippen molar-refractivity contribution in [3.05, 3.63) is 98.4 Å². The molecule has 0 bridgehead atoms. The molecule has 3 aliphatic rings. The van der Waals surface area contributed by atoms with Crippen LogP contribution >= 0.6 is 0 Å². The molecule has 1 N–H and O–H groups in total. The molecule has 0 fully saturated rings. The number of carboxylic acid groups (broad SMARTS) is 1. The number of ether oxygens (including phenoxy) is 2. The van der Waals surface area contributed by atoms with Gasteiger partial charge in [-0.2, -0.15) is 0 Å². The molecule has 10 heteroatoms.